The lowest BCUT2D eigenvalue weighted by Crippen LogP contribution is -2.30. The first-order chi connectivity index (χ1) is 15.3. The largest absolute Gasteiger partial charge is 0.381 e. The minimum absolute atomic E-state index is 0.171. The fraction of sp³-hybridized carbons (Fsp3) is 0.478. The van der Waals surface area contributed by atoms with Crippen LogP contribution in [0.3, 0.4) is 0 Å². The highest BCUT2D eigenvalue weighted by molar-refractivity contribution is 5.76. The Morgan fingerprint density at radius 3 is 2.84 bits per heavy atom. The van der Waals surface area contributed by atoms with Crippen molar-refractivity contribution >= 4 is 17.0 Å². The molecule has 3 aromatic rings. The van der Waals surface area contributed by atoms with Crippen LogP contribution < -0.4 is 10.9 Å². The molecule has 0 saturated carbocycles. The van der Waals surface area contributed by atoms with Gasteiger partial charge in [-0.3, -0.25) is 14.3 Å². The van der Waals surface area contributed by atoms with Crippen molar-refractivity contribution < 1.29 is 9.47 Å². The number of anilines is 1. The van der Waals surface area contributed by atoms with Gasteiger partial charge in [0, 0.05) is 44.3 Å². The summed E-state index contributed by atoms with van der Waals surface area (Å²) in [5.74, 6) is 0.850. The van der Waals surface area contributed by atoms with E-state index in [9.17, 15) is 4.79 Å². The monoisotopic (exact) mass is 423 g/mol. The van der Waals surface area contributed by atoms with E-state index in [2.05, 4.69) is 22.2 Å². The van der Waals surface area contributed by atoms with Crippen LogP contribution in [0.15, 0.2) is 41.5 Å². The van der Waals surface area contributed by atoms with Gasteiger partial charge in [-0.1, -0.05) is 6.92 Å². The molecule has 0 radical (unpaired) electrons. The minimum atomic E-state index is -0.171. The quantitative estimate of drug-likeness (QED) is 0.529. The summed E-state index contributed by atoms with van der Waals surface area (Å²) in [6.07, 6.45) is 6.42. The zero-order valence-electron chi connectivity index (χ0n) is 17.9. The van der Waals surface area contributed by atoms with Gasteiger partial charge in [-0.05, 0) is 49.4 Å². The number of nitrogens with one attached hydrogen (secondary N) is 1. The Kier molecular flexibility index (Phi) is 7.22. The average molecular weight is 424 g/mol. The highest BCUT2D eigenvalue weighted by Crippen LogP contribution is 2.20. The molecule has 1 N–H and O–H groups in total. The van der Waals surface area contributed by atoms with E-state index in [1.165, 1.54) is 0 Å². The van der Waals surface area contributed by atoms with Crippen LogP contribution in [-0.4, -0.2) is 52.5 Å². The Balaban J connectivity index is 1.66. The molecule has 1 aliphatic rings. The third-order valence-electron chi connectivity index (χ3n) is 5.45. The van der Waals surface area contributed by atoms with E-state index in [1.807, 2.05) is 24.3 Å². The second kappa shape index (κ2) is 10.5. The molecule has 3 aromatic heterocycles. The molecule has 0 spiro atoms. The van der Waals surface area contributed by atoms with Crippen LogP contribution in [-0.2, 0) is 16.0 Å². The predicted octanol–water partition coefficient (Wildman–Crippen LogP) is 3.12. The molecule has 1 saturated heterocycles. The van der Waals surface area contributed by atoms with Crippen molar-refractivity contribution in [1.82, 2.24) is 19.5 Å². The Bertz CT molecular complexity index is 1050. The Hall–Kier alpha value is -2.84. The number of rotatable bonds is 9. The molecular weight excluding hydrogens is 394 g/mol. The van der Waals surface area contributed by atoms with Gasteiger partial charge < -0.3 is 14.8 Å². The summed E-state index contributed by atoms with van der Waals surface area (Å²) in [5, 5.41) is 3.28. The van der Waals surface area contributed by atoms with Crippen molar-refractivity contribution in [3.8, 4) is 11.3 Å². The smallest absolute Gasteiger partial charge is 0.295 e. The molecule has 1 aliphatic heterocycles. The topological polar surface area (TPSA) is 91.2 Å². The number of nitrogens with zero attached hydrogens (tertiary/aromatic N) is 4. The van der Waals surface area contributed by atoms with Gasteiger partial charge in [0.05, 0.1) is 18.8 Å². The number of hydrogen-bond acceptors (Lipinski definition) is 7. The van der Waals surface area contributed by atoms with Crippen molar-refractivity contribution in [3.63, 3.8) is 0 Å². The Morgan fingerprint density at radius 2 is 2.06 bits per heavy atom. The number of aromatic nitrogens is 4. The summed E-state index contributed by atoms with van der Waals surface area (Å²) in [6, 6.07) is 7.64. The summed E-state index contributed by atoms with van der Waals surface area (Å²) < 4.78 is 12.7. The van der Waals surface area contributed by atoms with Crippen LogP contribution in [0.4, 0.5) is 5.82 Å². The second-order valence-corrected chi connectivity index (χ2v) is 7.75. The van der Waals surface area contributed by atoms with Gasteiger partial charge in [0.25, 0.3) is 5.56 Å². The highest BCUT2D eigenvalue weighted by Gasteiger charge is 2.17. The molecule has 4 rings (SSSR count). The van der Waals surface area contributed by atoms with E-state index >= 15 is 0 Å². The van der Waals surface area contributed by atoms with E-state index < -0.39 is 0 Å². The fourth-order valence-corrected chi connectivity index (χ4v) is 3.71. The van der Waals surface area contributed by atoms with Crippen LogP contribution in [0.1, 0.15) is 26.2 Å². The molecule has 4 heterocycles. The average Bonchev–Trinajstić information content (AvgIpc) is 2.83. The lowest BCUT2D eigenvalue weighted by atomic mass is 10.0. The summed E-state index contributed by atoms with van der Waals surface area (Å²) >= 11 is 0. The van der Waals surface area contributed by atoms with Gasteiger partial charge in [0.1, 0.15) is 5.52 Å². The zero-order valence-corrected chi connectivity index (χ0v) is 17.9. The van der Waals surface area contributed by atoms with E-state index in [4.69, 9.17) is 14.5 Å². The molecular formula is C23H29N5O3. The van der Waals surface area contributed by atoms with Crippen LogP contribution in [0, 0.1) is 5.92 Å². The zero-order chi connectivity index (χ0) is 21.5. The van der Waals surface area contributed by atoms with E-state index in [0.717, 1.165) is 43.7 Å². The number of ether oxygens (including phenoxy) is 2. The van der Waals surface area contributed by atoms with Gasteiger partial charge in [-0.15, -0.1) is 0 Å². The Morgan fingerprint density at radius 1 is 1.19 bits per heavy atom. The molecule has 31 heavy (non-hydrogen) atoms. The SMILES string of the molecule is CCCOCCn1c(=O)c(NCC2CCOCC2)nc2ccc(-c3cccnc3)nc21. The molecule has 0 atom stereocenters. The van der Waals surface area contributed by atoms with Crippen LogP contribution in [0.2, 0.25) is 0 Å². The maximum atomic E-state index is 13.3. The van der Waals surface area contributed by atoms with Crippen molar-refractivity contribution in [2.24, 2.45) is 5.92 Å². The van der Waals surface area contributed by atoms with Crippen LogP contribution in [0.25, 0.3) is 22.4 Å². The van der Waals surface area contributed by atoms with Gasteiger partial charge in [-0.25, -0.2) is 9.97 Å². The molecule has 0 bridgehead atoms. The Labute approximate surface area is 181 Å². The molecule has 164 valence electrons. The van der Waals surface area contributed by atoms with Gasteiger partial charge >= 0.3 is 0 Å². The number of hydrogen-bond donors (Lipinski definition) is 1. The third-order valence-corrected chi connectivity index (χ3v) is 5.45. The molecule has 0 aromatic carbocycles. The fourth-order valence-electron chi connectivity index (χ4n) is 3.71. The minimum Gasteiger partial charge on any atom is -0.381 e. The molecule has 8 heteroatoms. The summed E-state index contributed by atoms with van der Waals surface area (Å²) in [4.78, 5) is 26.8. The van der Waals surface area contributed by atoms with E-state index in [-0.39, 0.29) is 5.56 Å². The normalized spacial score (nSPS) is 14.7. The third kappa shape index (κ3) is 5.26. The van der Waals surface area contributed by atoms with Gasteiger partial charge in [0.2, 0.25) is 0 Å². The predicted molar refractivity (Wildman–Crippen MR) is 120 cm³/mol. The lowest BCUT2D eigenvalue weighted by molar-refractivity contribution is 0.0699. The summed E-state index contributed by atoms with van der Waals surface area (Å²) in [6.45, 7) is 5.87. The highest BCUT2D eigenvalue weighted by atomic mass is 16.5. The van der Waals surface area contributed by atoms with Crippen molar-refractivity contribution in [2.75, 3.05) is 38.3 Å². The maximum absolute atomic E-state index is 13.3. The maximum Gasteiger partial charge on any atom is 0.295 e. The summed E-state index contributed by atoms with van der Waals surface area (Å²) in [7, 11) is 0. The first kappa shape index (κ1) is 21.4. The van der Waals surface area contributed by atoms with Gasteiger partial charge in [-0.2, -0.15) is 0 Å². The first-order valence-electron chi connectivity index (χ1n) is 11.0. The van der Waals surface area contributed by atoms with E-state index in [1.54, 1.807) is 17.0 Å². The van der Waals surface area contributed by atoms with Crippen molar-refractivity contribution in [3.05, 3.63) is 47.0 Å². The molecule has 1 fully saturated rings. The standard InChI is InChI=1S/C23H29N5O3/c1-2-11-30-14-10-28-22-20(6-5-19(27-22)18-4-3-9-24-16-18)26-21(23(28)29)25-15-17-7-12-31-13-8-17/h3-6,9,16-17H,2,7-8,10-15H2,1H3,(H,25,26). The first-order valence-corrected chi connectivity index (χ1v) is 11.0. The van der Waals surface area contributed by atoms with Gasteiger partial charge in [0.15, 0.2) is 11.5 Å². The molecule has 0 unspecified atom stereocenters. The lowest BCUT2D eigenvalue weighted by Gasteiger charge is -2.22. The number of pyridine rings is 2. The van der Waals surface area contributed by atoms with Crippen molar-refractivity contribution in [1.29, 1.82) is 0 Å². The second-order valence-electron chi connectivity index (χ2n) is 7.75. The van der Waals surface area contributed by atoms with Crippen molar-refractivity contribution in [2.45, 2.75) is 32.7 Å². The molecule has 0 amide bonds. The molecule has 8 nitrogen and oxygen atoms in total. The van der Waals surface area contributed by atoms with E-state index in [0.29, 0.717) is 49.2 Å². The summed E-state index contributed by atoms with van der Waals surface area (Å²) in [5.41, 5.74) is 2.72. The number of fused-ring (bicyclic) bond motifs is 1. The van der Waals surface area contributed by atoms with Crippen LogP contribution >= 0.6 is 0 Å². The molecule has 0 aliphatic carbocycles. The van der Waals surface area contributed by atoms with Crippen LogP contribution in [0.5, 0.6) is 0 Å².